The van der Waals surface area contributed by atoms with Gasteiger partial charge in [0.15, 0.2) is 0 Å². The molecule has 12 heavy (non-hydrogen) atoms. The third-order valence-electron chi connectivity index (χ3n) is 2.34. The quantitative estimate of drug-likeness (QED) is 0.577. The highest BCUT2D eigenvalue weighted by molar-refractivity contribution is 5.33. The molecule has 0 fully saturated rings. The Kier molecular flexibility index (Phi) is 1.79. The van der Waals surface area contributed by atoms with E-state index in [-0.39, 0.29) is 0 Å². The molecule has 0 aliphatic heterocycles. The van der Waals surface area contributed by atoms with Gasteiger partial charge in [0, 0.05) is 6.20 Å². The lowest BCUT2D eigenvalue weighted by atomic mass is 9.93. The van der Waals surface area contributed by atoms with Crippen molar-refractivity contribution in [1.29, 1.82) is 5.26 Å². The van der Waals surface area contributed by atoms with Gasteiger partial charge in [0.2, 0.25) is 0 Å². The fourth-order valence-corrected chi connectivity index (χ4v) is 1.68. The molecule has 1 aliphatic carbocycles. The Hall–Kier alpha value is -1.36. The van der Waals surface area contributed by atoms with E-state index in [9.17, 15) is 0 Å². The number of hydrogen-bond donors (Lipinski definition) is 0. The maximum absolute atomic E-state index is 8.63. The first kappa shape index (κ1) is 7.30. The van der Waals surface area contributed by atoms with Gasteiger partial charge >= 0.3 is 0 Å². The van der Waals surface area contributed by atoms with Crippen molar-refractivity contribution >= 4 is 0 Å². The van der Waals surface area contributed by atoms with Crippen LogP contribution in [0.25, 0.3) is 0 Å². The van der Waals surface area contributed by atoms with Crippen LogP contribution < -0.4 is 0 Å². The molecule has 0 amide bonds. The molecule has 0 saturated carbocycles. The minimum atomic E-state index is 0.552. The largest absolute Gasteiger partial charge is 0.245 e. The second-order valence-electron chi connectivity index (χ2n) is 3.16. The maximum Gasteiger partial charge on any atom is 0.140 e. The monoisotopic (exact) mass is 158 g/mol. The molecule has 2 nitrogen and oxygen atoms in total. The number of aromatic nitrogens is 1. The normalized spacial score (nSPS) is 14.9. The lowest BCUT2D eigenvalue weighted by Gasteiger charge is -2.14. The van der Waals surface area contributed by atoms with Crippen LogP contribution in [0.5, 0.6) is 0 Å². The number of rotatable bonds is 0. The molecule has 0 unspecified atom stereocenters. The van der Waals surface area contributed by atoms with Gasteiger partial charge in [-0.1, -0.05) is 0 Å². The standard InChI is InChI=1S/C10H10N2/c11-6-10-5-8-3-1-2-4-9(8)7-12-10/h5,7H,1-4H2. The summed E-state index contributed by atoms with van der Waals surface area (Å²) in [5, 5.41) is 8.63. The summed E-state index contributed by atoms with van der Waals surface area (Å²) in [5.74, 6) is 0. The molecule has 0 spiro atoms. The van der Waals surface area contributed by atoms with Gasteiger partial charge < -0.3 is 0 Å². The van der Waals surface area contributed by atoms with E-state index >= 15 is 0 Å². The minimum absolute atomic E-state index is 0.552. The van der Waals surface area contributed by atoms with Crippen LogP contribution in [0.2, 0.25) is 0 Å². The molecule has 60 valence electrons. The molecule has 2 rings (SSSR count). The van der Waals surface area contributed by atoms with Gasteiger partial charge in [-0.25, -0.2) is 4.98 Å². The highest BCUT2D eigenvalue weighted by atomic mass is 14.7. The Bertz CT molecular complexity index is 336. The van der Waals surface area contributed by atoms with Crippen LogP contribution in [-0.4, -0.2) is 4.98 Å². The zero-order chi connectivity index (χ0) is 8.39. The number of pyridine rings is 1. The highest BCUT2D eigenvalue weighted by Gasteiger charge is 2.09. The van der Waals surface area contributed by atoms with Gasteiger partial charge in [-0.15, -0.1) is 0 Å². The Morgan fingerprint density at radius 3 is 2.75 bits per heavy atom. The Morgan fingerprint density at radius 1 is 1.25 bits per heavy atom. The molecule has 0 saturated heterocycles. The number of nitriles is 1. The summed E-state index contributed by atoms with van der Waals surface area (Å²) in [5.41, 5.74) is 3.21. The van der Waals surface area contributed by atoms with E-state index in [1.807, 2.05) is 12.3 Å². The van der Waals surface area contributed by atoms with E-state index in [0.717, 1.165) is 12.8 Å². The molecular weight excluding hydrogens is 148 g/mol. The lowest BCUT2D eigenvalue weighted by molar-refractivity contribution is 0.681. The van der Waals surface area contributed by atoms with Gasteiger partial charge in [-0.3, -0.25) is 0 Å². The molecule has 1 aromatic heterocycles. The summed E-state index contributed by atoms with van der Waals surface area (Å²) in [6.07, 6.45) is 6.62. The summed E-state index contributed by atoms with van der Waals surface area (Å²) in [7, 11) is 0. The Morgan fingerprint density at radius 2 is 2.00 bits per heavy atom. The topological polar surface area (TPSA) is 36.7 Å². The Balaban J connectivity index is 2.44. The van der Waals surface area contributed by atoms with Gasteiger partial charge in [0.05, 0.1) is 0 Å². The summed E-state index contributed by atoms with van der Waals surface area (Å²) in [6, 6.07) is 3.99. The molecule has 0 radical (unpaired) electrons. The average molecular weight is 158 g/mol. The van der Waals surface area contributed by atoms with Crippen molar-refractivity contribution in [3.8, 4) is 6.07 Å². The summed E-state index contributed by atoms with van der Waals surface area (Å²) < 4.78 is 0. The smallest absolute Gasteiger partial charge is 0.140 e. The first-order valence-electron chi connectivity index (χ1n) is 4.28. The van der Waals surface area contributed by atoms with Crippen LogP contribution in [0.1, 0.15) is 29.7 Å². The highest BCUT2D eigenvalue weighted by Crippen LogP contribution is 2.20. The molecule has 1 aliphatic rings. The molecule has 0 aromatic carbocycles. The zero-order valence-corrected chi connectivity index (χ0v) is 6.88. The average Bonchev–Trinajstić information content (AvgIpc) is 2.17. The molecular formula is C10H10N2. The van der Waals surface area contributed by atoms with Crippen molar-refractivity contribution in [1.82, 2.24) is 4.98 Å². The Labute approximate surface area is 71.9 Å². The van der Waals surface area contributed by atoms with E-state index in [1.165, 1.54) is 24.0 Å². The van der Waals surface area contributed by atoms with E-state index < -0.39 is 0 Å². The van der Waals surface area contributed by atoms with Gasteiger partial charge in [0.25, 0.3) is 0 Å². The van der Waals surface area contributed by atoms with Crippen molar-refractivity contribution in [2.45, 2.75) is 25.7 Å². The summed E-state index contributed by atoms with van der Waals surface area (Å²) in [6.45, 7) is 0. The minimum Gasteiger partial charge on any atom is -0.245 e. The second-order valence-corrected chi connectivity index (χ2v) is 3.16. The van der Waals surface area contributed by atoms with Crippen molar-refractivity contribution < 1.29 is 0 Å². The second kappa shape index (κ2) is 2.94. The first-order valence-corrected chi connectivity index (χ1v) is 4.28. The predicted octanol–water partition coefficient (Wildman–Crippen LogP) is 1.83. The number of aryl methyl sites for hydroxylation is 2. The van der Waals surface area contributed by atoms with Gasteiger partial charge in [-0.05, 0) is 42.9 Å². The summed E-state index contributed by atoms with van der Waals surface area (Å²) >= 11 is 0. The SMILES string of the molecule is N#Cc1cc2c(cn1)CCCC2. The maximum atomic E-state index is 8.63. The van der Waals surface area contributed by atoms with Crippen molar-refractivity contribution in [2.75, 3.05) is 0 Å². The van der Waals surface area contributed by atoms with Gasteiger partial charge in [0.1, 0.15) is 11.8 Å². The fourth-order valence-electron chi connectivity index (χ4n) is 1.68. The van der Waals surface area contributed by atoms with Crippen LogP contribution in [0.3, 0.4) is 0 Å². The third-order valence-corrected chi connectivity index (χ3v) is 2.34. The number of hydrogen-bond acceptors (Lipinski definition) is 2. The van der Waals surface area contributed by atoms with Gasteiger partial charge in [-0.2, -0.15) is 5.26 Å². The van der Waals surface area contributed by atoms with Crippen LogP contribution >= 0.6 is 0 Å². The van der Waals surface area contributed by atoms with Crippen molar-refractivity contribution in [2.24, 2.45) is 0 Å². The van der Waals surface area contributed by atoms with E-state index in [4.69, 9.17) is 5.26 Å². The van der Waals surface area contributed by atoms with Crippen molar-refractivity contribution in [3.63, 3.8) is 0 Å². The van der Waals surface area contributed by atoms with E-state index in [1.54, 1.807) is 0 Å². The molecule has 1 heterocycles. The predicted molar refractivity (Wildman–Crippen MR) is 45.6 cm³/mol. The molecule has 2 heteroatoms. The molecule has 1 aromatic rings. The summed E-state index contributed by atoms with van der Waals surface area (Å²) in [4.78, 5) is 4.05. The molecule has 0 bridgehead atoms. The van der Waals surface area contributed by atoms with Crippen LogP contribution in [0, 0.1) is 11.3 Å². The first-order chi connectivity index (χ1) is 5.90. The zero-order valence-electron chi connectivity index (χ0n) is 6.88. The van der Waals surface area contributed by atoms with E-state index in [2.05, 4.69) is 11.1 Å². The number of nitrogens with zero attached hydrogens (tertiary/aromatic N) is 2. The third kappa shape index (κ3) is 1.18. The lowest BCUT2D eigenvalue weighted by Crippen LogP contribution is -2.03. The van der Waals surface area contributed by atoms with Crippen LogP contribution in [0.4, 0.5) is 0 Å². The number of fused-ring (bicyclic) bond motifs is 1. The van der Waals surface area contributed by atoms with Crippen LogP contribution in [0.15, 0.2) is 12.3 Å². The van der Waals surface area contributed by atoms with E-state index in [0.29, 0.717) is 5.69 Å². The van der Waals surface area contributed by atoms with Crippen LogP contribution in [-0.2, 0) is 12.8 Å². The molecule has 0 atom stereocenters. The molecule has 0 N–H and O–H groups in total. The van der Waals surface area contributed by atoms with Crippen molar-refractivity contribution in [3.05, 3.63) is 29.1 Å². The fraction of sp³-hybridized carbons (Fsp3) is 0.400.